The van der Waals surface area contributed by atoms with Gasteiger partial charge < -0.3 is 9.64 Å². The van der Waals surface area contributed by atoms with E-state index in [1.807, 2.05) is 20.8 Å². The smallest absolute Gasteiger partial charge is 0.410 e. The number of ether oxygens (including phenoxy) is 1. The van der Waals surface area contributed by atoms with Gasteiger partial charge in [-0.3, -0.25) is 4.79 Å². The zero-order valence-corrected chi connectivity index (χ0v) is 10.2. The third-order valence-corrected chi connectivity index (χ3v) is 2.35. The minimum absolute atomic E-state index is 0.0887. The van der Waals surface area contributed by atoms with E-state index in [9.17, 15) is 9.59 Å². The maximum absolute atomic E-state index is 11.7. The summed E-state index contributed by atoms with van der Waals surface area (Å²) in [4.78, 5) is 24.7. The molecule has 0 aromatic carbocycles. The summed E-state index contributed by atoms with van der Waals surface area (Å²) >= 11 is 0. The normalized spacial score (nSPS) is 21.1. The first-order chi connectivity index (χ1) is 7.33. The highest BCUT2D eigenvalue weighted by Gasteiger charge is 2.34. The molecule has 4 nitrogen and oxygen atoms in total. The van der Waals surface area contributed by atoms with Gasteiger partial charge in [-0.2, -0.15) is 0 Å². The van der Waals surface area contributed by atoms with Crippen LogP contribution in [0.2, 0.25) is 0 Å². The number of amides is 1. The molecule has 0 aliphatic carbocycles. The van der Waals surface area contributed by atoms with E-state index in [0.29, 0.717) is 13.0 Å². The Bertz CT molecular complexity index is 304. The van der Waals surface area contributed by atoms with Gasteiger partial charge in [0.05, 0.1) is 6.54 Å². The molecular weight excluding hydrogens is 206 g/mol. The maximum atomic E-state index is 11.7. The lowest BCUT2D eigenvalue weighted by molar-refractivity contribution is -0.119. The monoisotopic (exact) mass is 225 g/mol. The highest BCUT2D eigenvalue weighted by molar-refractivity contribution is 5.89. The van der Waals surface area contributed by atoms with Crippen LogP contribution in [-0.2, 0) is 9.53 Å². The van der Waals surface area contributed by atoms with Gasteiger partial charge in [-0.05, 0) is 27.2 Å². The van der Waals surface area contributed by atoms with Crippen LogP contribution in [0.15, 0.2) is 12.7 Å². The minimum Gasteiger partial charge on any atom is -0.444 e. The number of likely N-dealkylation sites (tertiary alicyclic amines) is 1. The lowest BCUT2D eigenvalue weighted by Crippen LogP contribution is -2.35. The van der Waals surface area contributed by atoms with Crippen LogP contribution in [0.5, 0.6) is 0 Å². The molecule has 0 aromatic rings. The maximum Gasteiger partial charge on any atom is 0.410 e. The van der Waals surface area contributed by atoms with Crippen molar-refractivity contribution in [1.29, 1.82) is 0 Å². The summed E-state index contributed by atoms with van der Waals surface area (Å²) in [7, 11) is 0. The lowest BCUT2D eigenvalue weighted by Gasteiger charge is -2.23. The molecule has 90 valence electrons. The molecule has 1 rings (SSSR count). The van der Waals surface area contributed by atoms with Crippen molar-refractivity contribution in [3.05, 3.63) is 12.7 Å². The Balaban J connectivity index is 2.55. The second-order valence-corrected chi connectivity index (χ2v) is 5.05. The average molecular weight is 225 g/mol. The number of ketones is 1. The van der Waals surface area contributed by atoms with Crippen LogP contribution in [0.3, 0.4) is 0 Å². The molecule has 0 saturated carbocycles. The fraction of sp³-hybridized carbons (Fsp3) is 0.667. The first kappa shape index (κ1) is 12.7. The van der Waals surface area contributed by atoms with Crippen LogP contribution >= 0.6 is 0 Å². The first-order valence-electron chi connectivity index (χ1n) is 5.45. The van der Waals surface area contributed by atoms with Gasteiger partial charge in [-0.1, -0.05) is 6.08 Å². The number of nitrogens with zero attached hydrogens (tertiary/aromatic N) is 1. The molecule has 1 saturated heterocycles. The van der Waals surface area contributed by atoms with Crippen LogP contribution in [0.1, 0.15) is 27.2 Å². The summed E-state index contributed by atoms with van der Waals surface area (Å²) in [6.45, 7) is 9.63. The van der Waals surface area contributed by atoms with Gasteiger partial charge >= 0.3 is 6.09 Å². The quantitative estimate of drug-likeness (QED) is 0.675. The van der Waals surface area contributed by atoms with E-state index in [0.717, 1.165) is 0 Å². The van der Waals surface area contributed by atoms with Crippen molar-refractivity contribution in [2.45, 2.75) is 32.8 Å². The van der Waals surface area contributed by atoms with Crippen LogP contribution in [0.25, 0.3) is 0 Å². The third-order valence-electron chi connectivity index (χ3n) is 2.35. The van der Waals surface area contributed by atoms with E-state index in [4.69, 9.17) is 4.74 Å². The topological polar surface area (TPSA) is 46.6 Å². The summed E-state index contributed by atoms with van der Waals surface area (Å²) < 4.78 is 5.21. The van der Waals surface area contributed by atoms with Crippen LogP contribution < -0.4 is 0 Å². The second kappa shape index (κ2) is 4.68. The van der Waals surface area contributed by atoms with E-state index < -0.39 is 11.7 Å². The Morgan fingerprint density at radius 1 is 1.62 bits per heavy atom. The number of allylic oxidation sites excluding steroid dienone is 1. The van der Waals surface area contributed by atoms with Crippen molar-refractivity contribution in [2.75, 3.05) is 13.1 Å². The Morgan fingerprint density at radius 2 is 2.25 bits per heavy atom. The summed E-state index contributed by atoms with van der Waals surface area (Å²) in [6, 6.07) is 0. The van der Waals surface area contributed by atoms with Crippen LogP contribution in [0, 0.1) is 5.92 Å². The molecule has 4 heteroatoms. The van der Waals surface area contributed by atoms with Gasteiger partial charge in [0.25, 0.3) is 0 Å². The highest BCUT2D eigenvalue weighted by Crippen LogP contribution is 2.19. The molecular formula is C12H19NO3. The molecule has 1 aliphatic rings. The fourth-order valence-electron chi connectivity index (χ4n) is 1.62. The minimum atomic E-state index is -0.517. The summed E-state index contributed by atoms with van der Waals surface area (Å²) in [6.07, 6.45) is 1.92. The second-order valence-electron chi connectivity index (χ2n) is 5.05. The highest BCUT2D eigenvalue weighted by atomic mass is 16.6. The summed E-state index contributed by atoms with van der Waals surface area (Å²) in [5, 5.41) is 0. The van der Waals surface area contributed by atoms with E-state index in [-0.39, 0.29) is 18.2 Å². The van der Waals surface area contributed by atoms with Crippen molar-refractivity contribution in [1.82, 2.24) is 4.90 Å². The number of hydrogen-bond acceptors (Lipinski definition) is 3. The summed E-state index contributed by atoms with van der Waals surface area (Å²) in [5.74, 6) is -0.0178. The van der Waals surface area contributed by atoms with Crippen molar-refractivity contribution >= 4 is 11.9 Å². The van der Waals surface area contributed by atoms with Gasteiger partial charge in [0.1, 0.15) is 5.60 Å². The average Bonchev–Trinajstić information content (AvgIpc) is 2.46. The van der Waals surface area contributed by atoms with Crippen LogP contribution in [-0.4, -0.2) is 35.5 Å². The third kappa shape index (κ3) is 3.36. The molecule has 1 heterocycles. The molecule has 1 amide bonds. The molecule has 0 N–H and O–H groups in total. The SMILES string of the molecule is C=CC[C@@H]1CN(C(=O)OC(C)(C)C)CC1=O. The van der Waals surface area contributed by atoms with E-state index in [2.05, 4.69) is 6.58 Å². The standard InChI is InChI=1S/C12H19NO3/c1-5-6-9-7-13(8-10(9)14)11(15)16-12(2,3)4/h5,9H,1,6-8H2,2-4H3/t9-/m1/s1. The number of carbonyl (C=O) groups is 2. The zero-order chi connectivity index (χ0) is 12.3. The first-order valence-corrected chi connectivity index (χ1v) is 5.45. The van der Waals surface area contributed by atoms with Gasteiger partial charge in [0, 0.05) is 12.5 Å². The molecule has 0 radical (unpaired) electrons. The van der Waals surface area contributed by atoms with Crippen molar-refractivity contribution < 1.29 is 14.3 Å². The van der Waals surface area contributed by atoms with E-state index >= 15 is 0 Å². The Labute approximate surface area is 96.3 Å². The molecule has 1 fully saturated rings. The summed E-state index contributed by atoms with van der Waals surface area (Å²) in [5.41, 5.74) is -0.517. The number of Topliss-reactive ketones (excluding diaryl/α,β-unsaturated/α-hetero) is 1. The largest absolute Gasteiger partial charge is 0.444 e. The molecule has 0 spiro atoms. The zero-order valence-electron chi connectivity index (χ0n) is 10.2. The number of hydrogen-bond donors (Lipinski definition) is 0. The predicted molar refractivity (Wildman–Crippen MR) is 61.1 cm³/mol. The Kier molecular flexibility index (Phi) is 3.73. The molecule has 1 atom stereocenters. The van der Waals surface area contributed by atoms with Crippen molar-refractivity contribution in [2.24, 2.45) is 5.92 Å². The van der Waals surface area contributed by atoms with Crippen molar-refractivity contribution in [3.8, 4) is 0 Å². The number of rotatable bonds is 2. The van der Waals surface area contributed by atoms with E-state index in [1.54, 1.807) is 6.08 Å². The lowest BCUT2D eigenvalue weighted by atomic mass is 10.0. The molecule has 0 bridgehead atoms. The van der Waals surface area contributed by atoms with Gasteiger partial charge in [0.15, 0.2) is 5.78 Å². The van der Waals surface area contributed by atoms with Gasteiger partial charge in [-0.25, -0.2) is 4.79 Å². The van der Waals surface area contributed by atoms with E-state index in [1.165, 1.54) is 4.90 Å². The van der Waals surface area contributed by atoms with Gasteiger partial charge in [-0.15, -0.1) is 6.58 Å². The fourth-order valence-corrected chi connectivity index (χ4v) is 1.62. The van der Waals surface area contributed by atoms with Gasteiger partial charge in [0.2, 0.25) is 0 Å². The number of carbonyl (C=O) groups excluding carboxylic acids is 2. The molecule has 1 aliphatic heterocycles. The molecule has 0 unspecified atom stereocenters. The predicted octanol–water partition coefficient (Wildman–Crippen LogP) is 2.00. The Morgan fingerprint density at radius 3 is 2.75 bits per heavy atom. The Hall–Kier alpha value is -1.32. The molecule has 16 heavy (non-hydrogen) atoms. The van der Waals surface area contributed by atoms with Crippen molar-refractivity contribution in [3.63, 3.8) is 0 Å². The molecule has 0 aromatic heterocycles. The van der Waals surface area contributed by atoms with Crippen LogP contribution in [0.4, 0.5) is 4.79 Å².